The molecule has 18 heavy (non-hydrogen) atoms. The minimum Gasteiger partial charge on any atom is -0.329 e. The zero-order chi connectivity index (χ0) is 12.9. The Bertz CT molecular complexity index is 517. The molecule has 5 nitrogen and oxygen atoms in total. The van der Waals surface area contributed by atoms with Gasteiger partial charge in [0.25, 0.3) is 11.8 Å². The fourth-order valence-corrected chi connectivity index (χ4v) is 2.30. The molecule has 1 heterocycles. The van der Waals surface area contributed by atoms with Crippen LogP contribution in [0.15, 0.2) is 23.3 Å². The number of allylic oxidation sites excluding steroid dienone is 1. The number of rotatable bonds is 2. The van der Waals surface area contributed by atoms with E-state index in [1.807, 2.05) is 13.0 Å². The molecule has 0 bridgehead atoms. The summed E-state index contributed by atoms with van der Waals surface area (Å²) in [6, 6.07) is 0. The van der Waals surface area contributed by atoms with Crippen LogP contribution in [0.3, 0.4) is 0 Å². The average Bonchev–Trinajstić information content (AvgIpc) is 3.06. The molecule has 0 aromatic carbocycles. The molecule has 3 rings (SSSR count). The Labute approximate surface area is 104 Å². The van der Waals surface area contributed by atoms with Crippen molar-refractivity contribution in [1.82, 2.24) is 5.06 Å². The number of amides is 2. The van der Waals surface area contributed by atoms with Gasteiger partial charge in [-0.2, -0.15) is 0 Å². The first-order valence-corrected chi connectivity index (χ1v) is 6.10. The molecule has 1 aliphatic heterocycles. The maximum Gasteiger partial charge on any atom is 0.336 e. The van der Waals surface area contributed by atoms with Gasteiger partial charge in [-0.3, -0.25) is 9.59 Å². The van der Waals surface area contributed by atoms with Crippen molar-refractivity contribution in [2.75, 3.05) is 0 Å². The highest BCUT2D eigenvalue weighted by molar-refractivity contribution is 6.20. The van der Waals surface area contributed by atoms with E-state index in [2.05, 4.69) is 0 Å². The molecule has 94 valence electrons. The van der Waals surface area contributed by atoms with Gasteiger partial charge in [0.2, 0.25) is 0 Å². The summed E-state index contributed by atoms with van der Waals surface area (Å²) >= 11 is 0. The molecule has 0 aromatic rings. The van der Waals surface area contributed by atoms with E-state index in [1.165, 1.54) is 0 Å². The van der Waals surface area contributed by atoms with E-state index >= 15 is 0 Å². The maximum atomic E-state index is 11.9. The third-order valence-corrected chi connectivity index (χ3v) is 3.62. The molecule has 1 saturated carbocycles. The van der Waals surface area contributed by atoms with Crippen LogP contribution in [0.5, 0.6) is 0 Å². The minimum absolute atomic E-state index is 0.168. The number of nitrogens with zero attached hydrogens (tertiary/aromatic N) is 1. The highest BCUT2D eigenvalue weighted by Gasteiger charge is 2.46. The standard InChI is InChI=1S/C13H13NO4/c1-7-6-10(7)13(17)18-14-11(15)8-4-2-3-5-9(8)12(14)16/h2,4,7,10H,3,5-6H2,1H3/t7-,10?/m0/s1. The van der Waals surface area contributed by atoms with Gasteiger partial charge >= 0.3 is 5.97 Å². The van der Waals surface area contributed by atoms with Crippen molar-refractivity contribution in [2.24, 2.45) is 11.8 Å². The number of hydrogen-bond donors (Lipinski definition) is 0. The van der Waals surface area contributed by atoms with Crippen LogP contribution in [0.1, 0.15) is 26.2 Å². The predicted octanol–water partition coefficient (Wildman–Crippen LogP) is 1.12. The van der Waals surface area contributed by atoms with Gasteiger partial charge < -0.3 is 4.84 Å². The fraction of sp³-hybridized carbons (Fsp3) is 0.462. The first kappa shape index (κ1) is 11.2. The van der Waals surface area contributed by atoms with Crippen molar-refractivity contribution in [3.8, 4) is 0 Å². The number of carbonyl (C=O) groups excluding carboxylic acids is 3. The van der Waals surface area contributed by atoms with E-state index < -0.39 is 17.8 Å². The lowest BCUT2D eigenvalue weighted by atomic mass is 10.00. The second-order valence-corrected chi connectivity index (χ2v) is 4.97. The van der Waals surface area contributed by atoms with Gasteiger partial charge in [0, 0.05) is 5.57 Å². The largest absolute Gasteiger partial charge is 0.336 e. The van der Waals surface area contributed by atoms with Gasteiger partial charge in [-0.15, -0.1) is 0 Å². The molecule has 0 saturated heterocycles. The van der Waals surface area contributed by atoms with Gasteiger partial charge in [-0.1, -0.05) is 24.1 Å². The lowest BCUT2D eigenvalue weighted by Gasteiger charge is -2.13. The SMILES string of the molecule is C[C@H]1CC1C(=O)ON1C(=O)C2=C(CCC=C2)C1=O. The summed E-state index contributed by atoms with van der Waals surface area (Å²) in [7, 11) is 0. The van der Waals surface area contributed by atoms with E-state index in [-0.39, 0.29) is 11.8 Å². The Hall–Kier alpha value is -1.91. The minimum atomic E-state index is -0.521. The topological polar surface area (TPSA) is 63.7 Å². The van der Waals surface area contributed by atoms with E-state index in [0.29, 0.717) is 22.6 Å². The average molecular weight is 247 g/mol. The van der Waals surface area contributed by atoms with E-state index in [4.69, 9.17) is 4.84 Å². The summed E-state index contributed by atoms with van der Waals surface area (Å²) in [6.45, 7) is 1.94. The molecular weight excluding hydrogens is 234 g/mol. The number of hydroxylamine groups is 2. The Morgan fingerprint density at radius 1 is 1.39 bits per heavy atom. The molecule has 5 heteroatoms. The molecular formula is C13H13NO4. The summed E-state index contributed by atoms with van der Waals surface area (Å²) in [5.41, 5.74) is 0.821. The summed E-state index contributed by atoms with van der Waals surface area (Å²) in [5.74, 6) is -1.37. The zero-order valence-electron chi connectivity index (χ0n) is 10.0. The molecule has 3 aliphatic rings. The molecule has 2 amide bonds. The lowest BCUT2D eigenvalue weighted by Crippen LogP contribution is -2.35. The number of carbonyl (C=O) groups is 3. The van der Waals surface area contributed by atoms with Crippen molar-refractivity contribution < 1.29 is 19.2 Å². The summed E-state index contributed by atoms with van der Waals surface area (Å²) in [4.78, 5) is 40.5. The summed E-state index contributed by atoms with van der Waals surface area (Å²) in [5, 5.41) is 0.619. The lowest BCUT2D eigenvalue weighted by molar-refractivity contribution is -0.198. The Balaban J connectivity index is 1.76. The van der Waals surface area contributed by atoms with E-state index in [0.717, 1.165) is 12.8 Å². The number of imide groups is 1. The Kier molecular flexibility index (Phi) is 2.36. The zero-order valence-corrected chi connectivity index (χ0v) is 10.0. The summed E-state index contributed by atoms with van der Waals surface area (Å²) < 4.78 is 0. The van der Waals surface area contributed by atoms with Crippen LogP contribution in [0.4, 0.5) is 0 Å². The quantitative estimate of drug-likeness (QED) is 0.686. The smallest absolute Gasteiger partial charge is 0.329 e. The number of hydrogen-bond acceptors (Lipinski definition) is 4. The van der Waals surface area contributed by atoms with Crippen molar-refractivity contribution in [2.45, 2.75) is 26.2 Å². The first-order chi connectivity index (χ1) is 8.59. The van der Waals surface area contributed by atoms with Crippen LogP contribution in [-0.2, 0) is 19.2 Å². The van der Waals surface area contributed by atoms with Crippen LogP contribution in [0.25, 0.3) is 0 Å². The first-order valence-electron chi connectivity index (χ1n) is 6.10. The highest BCUT2D eigenvalue weighted by Crippen LogP contribution is 2.39. The molecule has 0 radical (unpaired) electrons. The van der Waals surface area contributed by atoms with Gasteiger partial charge in [-0.25, -0.2) is 4.79 Å². The Morgan fingerprint density at radius 3 is 2.72 bits per heavy atom. The fourth-order valence-electron chi connectivity index (χ4n) is 2.30. The third-order valence-electron chi connectivity index (χ3n) is 3.62. The van der Waals surface area contributed by atoms with Crippen LogP contribution < -0.4 is 0 Å². The van der Waals surface area contributed by atoms with Crippen molar-refractivity contribution in [1.29, 1.82) is 0 Å². The van der Waals surface area contributed by atoms with E-state index in [9.17, 15) is 14.4 Å². The summed E-state index contributed by atoms with van der Waals surface area (Å²) in [6.07, 6.45) is 5.51. The monoisotopic (exact) mass is 247 g/mol. The normalized spacial score (nSPS) is 29.7. The van der Waals surface area contributed by atoms with Crippen molar-refractivity contribution in [3.05, 3.63) is 23.3 Å². The second kappa shape index (κ2) is 3.80. The molecule has 0 N–H and O–H groups in total. The third kappa shape index (κ3) is 1.58. The molecule has 0 spiro atoms. The van der Waals surface area contributed by atoms with Gasteiger partial charge in [0.1, 0.15) is 0 Å². The van der Waals surface area contributed by atoms with Crippen molar-refractivity contribution in [3.63, 3.8) is 0 Å². The van der Waals surface area contributed by atoms with Crippen LogP contribution in [-0.4, -0.2) is 22.8 Å². The van der Waals surface area contributed by atoms with Crippen LogP contribution >= 0.6 is 0 Å². The predicted molar refractivity (Wildman–Crippen MR) is 60.6 cm³/mol. The highest BCUT2D eigenvalue weighted by atomic mass is 16.7. The van der Waals surface area contributed by atoms with Crippen LogP contribution in [0.2, 0.25) is 0 Å². The van der Waals surface area contributed by atoms with Gasteiger partial charge in [0.05, 0.1) is 11.5 Å². The second-order valence-electron chi connectivity index (χ2n) is 4.97. The van der Waals surface area contributed by atoms with Gasteiger partial charge in [0.15, 0.2) is 0 Å². The molecule has 2 atom stereocenters. The molecule has 1 fully saturated rings. The molecule has 2 aliphatic carbocycles. The van der Waals surface area contributed by atoms with E-state index in [1.54, 1.807) is 6.08 Å². The van der Waals surface area contributed by atoms with Crippen molar-refractivity contribution >= 4 is 17.8 Å². The molecule has 0 aromatic heterocycles. The maximum absolute atomic E-state index is 11.9. The van der Waals surface area contributed by atoms with Gasteiger partial charge in [-0.05, 0) is 25.2 Å². The Morgan fingerprint density at radius 2 is 2.11 bits per heavy atom. The molecule has 1 unspecified atom stereocenters. The van der Waals surface area contributed by atoms with Crippen LogP contribution in [0, 0.1) is 11.8 Å².